The zero-order valence-corrected chi connectivity index (χ0v) is 21.2. The largest absolute Gasteiger partial charge is 0.481 e. The van der Waals surface area contributed by atoms with Crippen LogP contribution in [0.25, 0.3) is 10.9 Å². The summed E-state index contributed by atoms with van der Waals surface area (Å²) in [5.41, 5.74) is 3.22. The van der Waals surface area contributed by atoms with E-state index in [1.54, 1.807) is 12.4 Å². The molecule has 3 heterocycles. The van der Waals surface area contributed by atoms with Crippen LogP contribution in [0.5, 0.6) is 0 Å². The van der Waals surface area contributed by atoms with E-state index in [1.807, 2.05) is 24.3 Å². The van der Waals surface area contributed by atoms with Crippen LogP contribution >= 0.6 is 0 Å². The maximum absolute atomic E-state index is 13.3. The number of carboxylic acids is 1. The lowest BCUT2D eigenvalue weighted by Gasteiger charge is -2.22. The molecule has 2 atom stereocenters. The Balaban J connectivity index is 1.51. The lowest BCUT2D eigenvalue weighted by Crippen LogP contribution is -2.50. The molecule has 2 bridgehead atoms. The molecule has 37 heavy (non-hydrogen) atoms. The highest BCUT2D eigenvalue weighted by atomic mass is 16.4. The van der Waals surface area contributed by atoms with Crippen LogP contribution in [0.1, 0.15) is 56.1 Å². The van der Waals surface area contributed by atoms with E-state index < -0.39 is 17.9 Å². The van der Waals surface area contributed by atoms with Crippen LogP contribution in [0.15, 0.2) is 55.0 Å². The molecule has 4 rings (SSSR count). The van der Waals surface area contributed by atoms with Crippen molar-refractivity contribution in [3.8, 4) is 0 Å². The summed E-state index contributed by atoms with van der Waals surface area (Å²) in [5.74, 6) is -2.34. The summed E-state index contributed by atoms with van der Waals surface area (Å²) in [6, 6.07) is 11.2. The Morgan fingerprint density at radius 3 is 2.70 bits per heavy atom. The Bertz CT molecular complexity index is 1210. The number of nitrogens with zero attached hydrogens (tertiary/aromatic N) is 2. The van der Waals surface area contributed by atoms with Crippen LogP contribution in [0.4, 0.5) is 0 Å². The van der Waals surface area contributed by atoms with Gasteiger partial charge in [0.2, 0.25) is 11.8 Å². The van der Waals surface area contributed by atoms with E-state index in [9.17, 15) is 19.5 Å². The van der Waals surface area contributed by atoms with Crippen molar-refractivity contribution in [1.29, 1.82) is 0 Å². The normalized spacial score (nSPS) is 17.6. The number of fused-ring (bicyclic) bond motifs is 5. The number of nitrogens with one attached hydrogen (secondary N) is 2. The first-order chi connectivity index (χ1) is 18.0. The Labute approximate surface area is 217 Å². The van der Waals surface area contributed by atoms with Crippen molar-refractivity contribution in [2.45, 2.75) is 70.4 Å². The molecule has 1 aliphatic rings. The number of carbonyl (C=O) groups excluding carboxylic acids is 2. The lowest BCUT2D eigenvalue weighted by molar-refractivity contribution is -0.141. The molecule has 2 amide bonds. The van der Waals surface area contributed by atoms with Gasteiger partial charge in [-0.15, -0.1) is 0 Å². The SMILES string of the molecule is O=C(O)C[C@@H](CCCc1ccncc1)C(=O)N[C@H]1Cc2cn(c3ccccc23)CCCCCCNC1=O. The number of carboxylic acid groups (broad SMARTS) is 1. The number of carbonyl (C=O) groups is 3. The van der Waals surface area contributed by atoms with Crippen molar-refractivity contribution in [3.05, 3.63) is 66.1 Å². The van der Waals surface area contributed by atoms with Crippen molar-refractivity contribution in [3.63, 3.8) is 0 Å². The van der Waals surface area contributed by atoms with E-state index in [2.05, 4.69) is 38.5 Å². The molecule has 0 unspecified atom stereocenters. The highest BCUT2D eigenvalue weighted by Crippen LogP contribution is 2.24. The molecule has 1 aromatic carbocycles. The number of aliphatic carboxylic acids is 1. The number of amides is 2. The number of rotatable bonds is 8. The number of hydrogen-bond acceptors (Lipinski definition) is 4. The van der Waals surface area contributed by atoms with Crippen molar-refractivity contribution >= 4 is 28.7 Å². The van der Waals surface area contributed by atoms with E-state index in [1.165, 1.54) is 0 Å². The zero-order valence-electron chi connectivity index (χ0n) is 21.2. The second-order valence-corrected chi connectivity index (χ2v) is 9.88. The predicted octanol–water partition coefficient (Wildman–Crippen LogP) is 3.87. The molecular weight excluding hydrogens is 468 g/mol. The first-order valence-electron chi connectivity index (χ1n) is 13.3. The number of pyridine rings is 1. The van der Waals surface area contributed by atoms with Gasteiger partial charge in [0.15, 0.2) is 0 Å². The summed E-state index contributed by atoms with van der Waals surface area (Å²) < 4.78 is 2.24. The van der Waals surface area contributed by atoms with Gasteiger partial charge in [0.1, 0.15) is 6.04 Å². The minimum atomic E-state index is -1.02. The molecule has 2 aromatic heterocycles. The average molecular weight is 505 g/mol. The number of benzene rings is 1. The van der Waals surface area contributed by atoms with E-state index in [0.29, 0.717) is 25.8 Å². The number of aromatic nitrogens is 2. The molecule has 8 heteroatoms. The van der Waals surface area contributed by atoms with Gasteiger partial charge in [-0.05, 0) is 61.4 Å². The zero-order chi connectivity index (χ0) is 26.0. The van der Waals surface area contributed by atoms with Crippen LogP contribution in [-0.4, -0.2) is 45.0 Å². The van der Waals surface area contributed by atoms with Gasteiger partial charge in [-0.25, -0.2) is 0 Å². The van der Waals surface area contributed by atoms with Crippen molar-refractivity contribution in [2.24, 2.45) is 5.92 Å². The third kappa shape index (κ3) is 7.41. The fraction of sp³-hybridized carbons (Fsp3) is 0.448. The summed E-state index contributed by atoms with van der Waals surface area (Å²) in [6.07, 6.45) is 11.5. The highest BCUT2D eigenvalue weighted by Gasteiger charge is 2.28. The number of hydrogen-bond donors (Lipinski definition) is 3. The van der Waals surface area contributed by atoms with Gasteiger partial charge in [-0.1, -0.05) is 31.0 Å². The summed E-state index contributed by atoms with van der Waals surface area (Å²) in [4.78, 5) is 42.1. The highest BCUT2D eigenvalue weighted by molar-refractivity contribution is 5.91. The molecule has 0 saturated carbocycles. The molecule has 1 aliphatic heterocycles. The molecular formula is C29H36N4O4. The Hall–Kier alpha value is -3.68. The predicted molar refractivity (Wildman–Crippen MR) is 142 cm³/mol. The average Bonchev–Trinajstić information content (AvgIpc) is 3.24. The maximum atomic E-state index is 13.3. The topological polar surface area (TPSA) is 113 Å². The molecule has 0 radical (unpaired) electrons. The van der Waals surface area contributed by atoms with Gasteiger partial charge < -0.3 is 20.3 Å². The summed E-state index contributed by atoms with van der Waals surface area (Å²) >= 11 is 0. The molecule has 0 saturated heterocycles. The van der Waals surface area contributed by atoms with Crippen LogP contribution in [0.3, 0.4) is 0 Å². The summed E-state index contributed by atoms with van der Waals surface area (Å²) in [7, 11) is 0. The van der Waals surface area contributed by atoms with Crippen LogP contribution in [-0.2, 0) is 33.8 Å². The smallest absolute Gasteiger partial charge is 0.304 e. The molecule has 0 spiro atoms. The monoisotopic (exact) mass is 504 g/mol. The van der Waals surface area contributed by atoms with E-state index >= 15 is 0 Å². The summed E-state index contributed by atoms with van der Waals surface area (Å²) in [5, 5.41) is 16.4. The van der Waals surface area contributed by atoms with Gasteiger partial charge in [-0.2, -0.15) is 0 Å². The first-order valence-corrected chi connectivity index (χ1v) is 13.3. The molecule has 8 nitrogen and oxygen atoms in total. The van der Waals surface area contributed by atoms with Crippen LogP contribution in [0, 0.1) is 5.92 Å². The Morgan fingerprint density at radius 2 is 1.89 bits per heavy atom. The fourth-order valence-electron chi connectivity index (χ4n) is 5.12. The Kier molecular flexibility index (Phi) is 9.29. The number of aryl methyl sites for hydroxylation is 2. The molecule has 3 N–H and O–H groups in total. The molecule has 196 valence electrons. The van der Waals surface area contributed by atoms with Gasteiger partial charge >= 0.3 is 5.97 Å². The lowest BCUT2D eigenvalue weighted by atomic mass is 9.95. The fourth-order valence-corrected chi connectivity index (χ4v) is 5.12. The third-order valence-electron chi connectivity index (χ3n) is 7.11. The van der Waals surface area contributed by atoms with Gasteiger partial charge in [0.05, 0.1) is 6.42 Å². The quantitative estimate of drug-likeness (QED) is 0.431. The third-order valence-corrected chi connectivity index (χ3v) is 7.11. The van der Waals surface area contributed by atoms with Gasteiger partial charge in [0, 0.05) is 54.9 Å². The minimum absolute atomic E-state index is 0.227. The molecule has 3 aromatic rings. The molecule has 0 aliphatic carbocycles. The van der Waals surface area contributed by atoms with Gasteiger partial charge in [0.25, 0.3) is 0 Å². The van der Waals surface area contributed by atoms with Crippen LogP contribution in [0.2, 0.25) is 0 Å². The van der Waals surface area contributed by atoms with Crippen LogP contribution < -0.4 is 10.6 Å². The van der Waals surface area contributed by atoms with E-state index in [4.69, 9.17) is 0 Å². The first kappa shape index (κ1) is 26.4. The minimum Gasteiger partial charge on any atom is -0.481 e. The molecule has 0 fully saturated rings. The van der Waals surface area contributed by atoms with E-state index in [0.717, 1.165) is 60.7 Å². The van der Waals surface area contributed by atoms with Crippen molar-refractivity contribution < 1.29 is 19.5 Å². The Morgan fingerprint density at radius 1 is 1.11 bits per heavy atom. The van der Waals surface area contributed by atoms with Gasteiger partial charge in [-0.3, -0.25) is 19.4 Å². The van der Waals surface area contributed by atoms with E-state index in [-0.39, 0.29) is 18.2 Å². The number of para-hydroxylation sites is 1. The summed E-state index contributed by atoms with van der Waals surface area (Å²) in [6.45, 7) is 1.48. The van der Waals surface area contributed by atoms with Crippen molar-refractivity contribution in [2.75, 3.05) is 6.54 Å². The second kappa shape index (κ2) is 13.0. The van der Waals surface area contributed by atoms with Crippen molar-refractivity contribution in [1.82, 2.24) is 20.2 Å². The maximum Gasteiger partial charge on any atom is 0.304 e. The second-order valence-electron chi connectivity index (χ2n) is 9.88. The standard InChI is InChI=1S/C29H36N4O4/c34-27(35)19-22(9-7-8-21-12-15-30-16-13-21)28(36)32-25-18-23-20-33(26-11-4-3-10-24(23)26)17-6-2-1-5-14-31-29(25)37/h3-4,10-13,15-16,20,22,25H,1-2,5-9,14,17-19H2,(H,31,37)(H,32,36)(H,34,35)/t22-,25+/m1/s1.